The highest BCUT2D eigenvalue weighted by Crippen LogP contribution is 2.34. The number of aromatic nitrogens is 3. The van der Waals surface area contributed by atoms with Crippen molar-refractivity contribution in [2.24, 2.45) is 5.14 Å². The molecule has 0 spiro atoms. The van der Waals surface area contributed by atoms with E-state index < -0.39 is 10.0 Å². The van der Waals surface area contributed by atoms with Gasteiger partial charge in [0.05, 0.1) is 11.3 Å². The molecular weight excluding hydrogens is 366 g/mol. The van der Waals surface area contributed by atoms with Gasteiger partial charge in [-0.2, -0.15) is 0 Å². The molecule has 2 heterocycles. The van der Waals surface area contributed by atoms with Gasteiger partial charge in [-0.15, -0.1) is 0 Å². The second-order valence-corrected chi connectivity index (χ2v) is 8.95. The first-order chi connectivity index (χ1) is 12.8. The van der Waals surface area contributed by atoms with Gasteiger partial charge in [0.1, 0.15) is 17.9 Å². The summed E-state index contributed by atoms with van der Waals surface area (Å²) in [5.41, 5.74) is 10.3. The van der Waals surface area contributed by atoms with Gasteiger partial charge in [-0.25, -0.2) is 23.5 Å². The average molecular weight is 396 g/mol. The number of hydrogen-bond donors (Lipinski definition) is 2. The number of sulfonamides is 1. The molecule has 2 aromatic rings. The largest absolute Gasteiger partial charge is 0.382 e. The number of pyridine rings is 1. The number of nitrogens with two attached hydrogens (primary N) is 2. The van der Waals surface area contributed by atoms with E-state index in [9.17, 15) is 8.42 Å². The van der Waals surface area contributed by atoms with Gasteiger partial charge >= 0.3 is 0 Å². The van der Waals surface area contributed by atoms with Crippen molar-refractivity contribution in [1.29, 1.82) is 0 Å². The Morgan fingerprint density at radius 3 is 2.70 bits per heavy atom. The Morgan fingerprint density at radius 1 is 1.26 bits per heavy atom. The minimum atomic E-state index is -3.46. The molecule has 1 aliphatic rings. The lowest BCUT2D eigenvalue weighted by molar-refractivity contribution is 0.124. The molecule has 27 heavy (non-hydrogen) atoms. The van der Waals surface area contributed by atoms with Gasteiger partial charge in [0.2, 0.25) is 10.0 Å². The Morgan fingerprint density at radius 2 is 2.00 bits per heavy atom. The highest BCUT2D eigenvalue weighted by molar-refractivity contribution is 7.89. The first-order valence-corrected chi connectivity index (χ1v) is 11.3. The third-order valence-corrected chi connectivity index (χ3v) is 5.99. The molecule has 9 heteroatoms. The number of rotatable bonds is 8. The lowest BCUT2D eigenvalue weighted by atomic mass is 9.94. The zero-order valence-corrected chi connectivity index (χ0v) is 16.9. The highest BCUT2D eigenvalue weighted by atomic mass is 32.2. The molecule has 1 unspecified atom stereocenters. The Hall–Kier alpha value is -1.71. The van der Waals surface area contributed by atoms with Gasteiger partial charge in [0.15, 0.2) is 5.82 Å². The summed E-state index contributed by atoms with van der Waals surface area (Å²) in [6, 6.07) is 0.0556. The number of hydrogen-bond acceptors (Lipinski definition) is 6. The normalized spacial score (nSPS) is 15.8. The van der Waals surface area contributed by atoms with Gasteiger partial charge in [-0.1, -0.05) is 0 Å². The molecule has 0 aromatic carbocycles. The summed E-state index contributed by atoms with van der Waals surface area (Å²) in [6.07, 6.45) is 5.31. The van der Waals surface area contributed by atoms with Crippen molar-refractivity contribution in [3.63, 3.8) is 0 Å². The Labute approximate surface area is 160 Å². The van der Waals surface area contributed by atoms with Crippen LogP contribution < -0.4 is 10.9 Å². The van der Waals surface area contributed by atoms with E-state index in [2.05, 4.69) is 16.5 Å². The molecule has 1 atom stereocenters. The third-order valence-electron chi connectivity index (χ3n) is 5.13. The number of nitrogens with zero attached hydrogens (tertiary/aromatic N) is 3. The SMILES string of the molecule is CCOCc1nc2c(N)nc3c(c2n1C(C)CCCS(N)(=O)=O)CCCC3. The van der Waals surface area contributed by atoms with E-state index in [0.29, 0.717) is 31.9 Å². The van der Waals surface area contributed by atoms with Crippen LogP contribution in [-0.2, 0) is 34.2 Å². The smallest absolute Gasteiger partial charge is 0.209 e. The van der Waals surface area contributed by atoms with Crippen LogP contribution in [0.5, 0.6) is 0 Å². The number of nitrogen functional groups attached to an aromatic ring is 1. The molecular formula is C18H29N5O3S. The topological polar surface area (TPSA) is 126 Å². The number of anilines is 1. The minimum Gasteiger partial charge on any atom is -0.382 e. The van der Waals surface area contributed by atoms with Crippen LogP contribution >= 0.6 is 0 Å². The maximum Gasteiger partial charge on any atom is 0.209 e. The number of aryl methyl sites for hydroxylation is 2. The summed E-state index contributed by atoms with van der Waals surface area (Å²) < 4.78 is 30.3. The van der Waals surface area contributed by atoms with E-state index in [0.717, 1.165) is 48.2 Å². The summed E-state index contributed by atoms with van der Waals surface area (Å²) in [5.74, 6) is 1.24. The fourth-order valence-corrected chi connectivity index (χ4v) is 4.46. The van der Waals surface area contributed by atoms with Crippen LogP contribution in [0, 0.1) is 0 Å². The molecule has 0 saturated carbocycles. The van der Waals surface area contributed by atoms with Crippen LogP contribution in [0.4, 0.5) is 5.82 Å². The molecule has 0 saturated heterocycles. The second-order valence-electron chi connectivity index (χ2n) is 7.22. The van der Waals surface area contributed by atoms with Gasteiger partial charge in [0.25, 0.3) is 0 Å². The Kier molecular flexibility index (Phi) is 6.02. The maximum atomic E-state index is 11.3. The van der Waals surface area contributed by atoms with Gasteiger partial charge in [-0.3, -0.25) is 0 Å². The fraction of sp³-hybridized carbons (Fsp3) is 0.667. The molecule has 8 nitrogen and oxygen atoms in total. The van der Waals surface area contributed by atoms with Gasteiger partial charge in [0, 0.05) is 18.3 Å². The van der Waals surface area contributed by atoms with Crippen LogP contribution in [0.2, 0.25) is 0 Å². The Balaban J connectivity index is 2.05. The van der Waals surface area contributed by atoms with Crippen LogP contribution in [-0.4, -0.2) is 35.3 Å². The third kappa shape index (κ3) is 4.41. The summed E-state index contributed by atoms with van der Waals surface area (Å²) >= 11 is 0. The summed E-state index contributed by atoms with van der Waals surface area (Å²) in [6.45, 7) is 5.00. The summed E-state index contributed by atoms with van der Waals surface area (Å²) in [5, 5.41) is 5.15. The molecule has 2 aromatic heterocycles. The van der Waals surface area contributed by atoms with Crippen LogP contribution in [0.3, 0.4) is 0 Å². The Bertz CT molecular complexity index is 923. The van der Waals surface area contributed by atoms with E-state index in [1.807, 2.05) is 6.92 Å². The average Bonchev–Trinajstić information content (AvgIpc) is 2.99. The molecule has 4 N–H and O–H groups in total. The molecule has 150 valence electrons. The molecule has 0 fully saturated rings. The van der Waals surface area contributed by atoms with Crippen molar-refractivity contribution in [2.75, 3.05) is 18.1 Å². The summed E-state index contributed by atoms with van der Waals surface area (Å²) in [7, 11) is -3.46. The van der Waals surface area contributed by atoms with Gasteiger partial charge in [-0.05, 0) is 57.9 Å². The predicted octanol–water partition coefficient (Wildman–Crippen LogP) is 2.06. The van der Waals surface area contributed by atoms with Crippen molar-refractivity contribution >= 4 is 26.9 Å². The molecule has 0 bridgehead atoms. The van der Waals surface area contributed by atoms with E-state index in [1.54, 1.807) is 0 Å². The molecule has 0 amide bonds. The summed E-state index contributed by atoms with van der Waals surface area (Å²) in [4.78, 5) is 9.34. The zero-order chi connectivity index (χ0) is 19.6. The van der Waals surface area contributed by atoms with Crippen molar-refractivity contribution in [2.45, 2.75) is 65.0 Å². The van der Waals surface area contributed by atoms with E-state index in [-0.39, 0.29) is 11.8 Å². The first-order valence-electron chi connectivity index (χ1n) is 9.58. The number of imidazole rings is 1. The lowest BCUT2D eigenvalue weighted by Gasteiger charge is -2.22. The van der Waals surface area contributed by atoms with Crippen LogP contribution in [0.25, 0.3) is 11.0 Å². The lowest BCUT2D eigenvalue weighted by Crippen LogP contribution is -2.18. The van der Waals surface area contributed by atoms with E-state index in [1.165, 1.54) is 5.56 Å². The zero-order valence-electron chi connectivity index (χ0n) is 16.1. The minimum absolute atomic E-state index is 0.0213. The van der Waals surface area contributed by atoms with Crippen molar-refractivity contribution in [3.05, 3.63) is 17.1 Å². The van der Waals surface area contributed by atoms with Gasteiger partial charge < -0.3 is 15.0 Å². The predicted molar refractivity (Wildman–Crippen MR) is 106 cm³/mol. The second kappa shape index (κ2) is 8.12. The van der Waals surface area contributed by atoms with Crippen molar-refractivity contribution in [3.8, 4) is 0 Å². The molecule has 0 radical (unpaired) electrons. The van der Waals surface area contributed by atoms with Crippen LogP contribution in [0.15, 0.2) is 0 Å². The molecule has 3 rings (SSSR count). The van der Waals surface area contributed by atoms with E-state index in [4.69, 9.17) is 20.6 Å². The number of fused-ring (bicyclic) bond motifs is 3. The maximum absolute atomic E-state index is 11.3. The molecule has 1 aliphatic carbocycles. The number of ether oxygens (including phenoxy) is 1. The van der Waals surface area contributed by atoms with Crippen LogP contribution in [0.1, 0.15) is 62.7 Å². The highest BCUT2D eigenvalue weighted by Gasteiger charge is 2.25. The van der Waals surface area contributed by atoms with Crippen molar-refractivity contribution in [1.82, 2.24) is 14.5 Å². The first kappa shape index (κ1) is 20.0. The quantitative estimate of drug-likeness (QED) is 0.704. The van der Waals surface area contributed by atoms with E-state index >= 15 is 0 Å². The number of primary sulfonamides is 1. The monoisotopic (exact) mass is 395 g/mol. The fourth-order valence-electron chi connectivity index (χ4n) is 3.89. The van der Waals surface area contributed by atoms with Crippen molar-refractivity contribution < 1.29 is 13.2 Å². The standard InChI is InChI=1S/C18H29N5O3S/c1-3-26-11-15-22-16-17(13-8-4-5-9-14(13)21-18(16)19)23(15)12(2)7-6-10-27(20,24)25/h12H,3-11H2,1-2H3,(H2,19,21)(H2,20,24,25). The molecule has 0 aliphatic heterocycles.